The zero-order valence-corrected chi connectivity index (χ0v) is 11.0. The molecule has 3 N–H and O–H groups in total. The lowest BCUT2D eigenvalue weighted by atomic mass is 10.4. The molecule has 0 atom stereocenters. The van der Waals surface area contributed by atoms with Crippen LogP contribution in [0.15, 0.2) is 6.20 Å². The van der Waals surface area contributed by atoms with Gasteiger partial charge in [0.25, 0.3) is 5.91 Å². The molecule has 1 rings (SSSR count). The Bertz CT molecular complexity index is 496. The summed E-state index contributed by atoms with van der Waals surface area (Å²) < 4.78 is 23.2. The zero-order valence-electron chi connectivity index (χ0n) is 10.2. The third-order valence-electron chi connectivity index (χ3n) is 2.11. The monoisotopic (exact) mass is 275 g/mol. The van der Waals surface area contributed by atoms with Crippen molar-refractivity contribution in [2.45, 2.75) is 13.0 Å². The molecular weight excluding hydrogens is 258 g/mol. The molecule has 0 aromatic carbocycles. The van der Waals surface area contributed by atoms with Crippen molar-refractivity contribution >= 4 is 15.7 Å². The molecule has 8 nitrogen and oxygen atoms in total. The van der Waals surface area contributed by atoms with Crippen LogP contribution in [0, 0.1) is 0 Å². The van der Waals surface area contributed by atoms with E-state index in [4.69, 9.17) is 5.73 Å². The summed E-state index contributed by atoms with van der Waals surface area (Å²) in [6, 6.07) is 0. The Morgan fingerprint density at radius 3 is 2.89 bits per heavy atom. The smallest absolute Gasteiger partial charge is 0.273 e. The minimum atomic E-state index is -2.99. The maximum atomic E-state index is 11.6. The second-order valence-electron chi connectivity index (χ2n) is 3.89. The van der Waals surface area contributed by atoms with Gasteiger partial charge in [0, 0.05) is 19.3 Å². The molecule has 1 aromatic heterocycles. The molecule has 0 fully saturated rings. The summed E-state index contributed by atoms with van der Waals surface area (Å²) in [5.41, 5.74) is 5.54. The molecule has 0 spiro atoms. The van der Waals surface area contributed by atoms with Gasteiger partial charge in [-0.3, -0.25) is 9.48 Å². The van der Waals surface area contributed by atoms with Gasteiger partial charge in [-0.15, -0.1) is 5.10 Å². The molecule has 0 saturated carbocycles. The van der Waals surface area contributed by atoms with Crippen LogP contribution in [-0.2, 0) is 16.4 Å². The van der Waals surface area contributed by atoms with E-state index in [0.717, 1.165) is 6.26 Å². The van der Waals surface area contributed by atoms with Crippen LogP contribution in [0.3, 0.4) is 0 Å². The average molecular weight is 275 g/mol. The molecule has 102 valence electrons. The zero-order chi connectivity index (χ0) is 13.6. The topological polar surface area (TPSA) is 120 Å². The standard InChI is InChI=1S/C9H17N5O3S/c1-18(16,17)6-2-4-11-9(15)8-7-14(5-3-10)13-12-8/h7H,2-6,10H2,1H3,(H,11,15). The number of nitrogens with one attached hydrogen (secondary N) is 1. The lowest BCUT2D eigenvalue weighted by Gasteiger charge is -2.01. The SMILES string of the molecule is CS(=O)(=O)CCCNC(=O)c1cn(CCN)nn1. The Morgan fingerprint density at radius 1 is 1.56 bits per heavy atom. The van der Waals surface area contributed by atoms with Crippen LogP contribution in [0.1, 0.15) is 16.9 Å². The van der Waals surface area contributed by atoms with Crippen molar-refractivity contribution in [3.05, 3.63) is 11.9 Å². The fourth-order valence-electron chi connectivity index (χ4n) is 1.27. The Balaban J connectivity index is 2.36. The van der Waals surface area contributed by atoms with Crippen LogP contribution in [0.25, 0.3) is 0 Å². The molecule has 0 bridgehead atoms. The van der Waals surface area contributed by atoms with Gasteiger partial charge < -0.3 is 11.1 Å². The number of aromatic nitrogens is 3. The van der Waals surface area contributed by atoms with E-state index in [1.807, 2.05) is 0 Å². The molecule has 0 aliphatic carbocycles. The Labute approximate surface area is 105 Å². The van der Waals surface area contributed by atoms with Gasteiger partial charge in [-0.25, -0.2) is 8.42 Å². The maximum absolute atomic E-state index is 11.6. The largest absolute Gasteiger partial charge is 0.351 e. The quantitative estimate of drug-likeness (QED) is 0.578. The normalized spacial score (nSPS) is 11.4. The second kappa shape index (κ2) is 6.45. The van der Waals surface area contributed by atoms with Gasteiger partial charge in [0.05, 0.1) is 18.5 Å². The van der Waals surface area contributed by atoms with E-state index in [1.54, 1.807) is 0 Å². The first-order valence-electron chi connectivity index (χ1n) is 5.48. The van der Waals surface area contributed by atoms with Gasteiger partial charge in [0.2, 0.25) is 0 Å². The highest BCUT2D eigenvalue weighted by Crippen LogP contribution is 1.93. The third-order valence-corrected chi connectivity index (χ3v) is 3.14. The summed E-state index contributed by atoms with van der Waals surface area (Å²) in [6.07, 6.45) is 3.04. The first-order valence-corrected chi connectivity index (χ1v) is 7.54. The Kier molecular flexibility index (Phi) is 5.23. The van der Waals surface area contributed by atoms with Crippen LogP contribution in [0.2, 0.25) is 0 Å². The second-order valence-corrected chi connectivity index (χ2v) is 6.15. The van der Waals surface area contributed by atoms with Gasteiger partial charge in [-0.2, -0.15) is 0 Å². The third kappa shape index (κ3) is 5.23. The number of carbonyl (C=O) groups is 1. The Hall–Kier alpha value is -1.48. The lowest BCUT2D eigenvalue weighted by Crippen LogP contribution is -2.26. The molecule has 0 aliphatic rings. The molecule has 0 aliphatic heterocycles. The van der Waals surface area contributed by atoms with Crippen molar-refractivity contribution in [3.63, 3.8) is 0 Å². The predicted molar refractivity (Wildman–Crippen MR) is 65.7 cm³/mol. The predicted octanol–water partition coefficient (Wildman–Crippen LogP) is -1.60. The number of amides is 1. The number of rotatable bonds is 7. The number of sulfone groups is 1. The molecule has 0 radical (unpaired) electrons. The van der Waals surface area contributed by atoms with Gasteiger partial charge in [0.15, 0.2) is 5.69 Å². The number of hydrogen-bond acceptors (Lipinski definition) is 6. The van der Waals surface area contributed by atoms with Crippen LogP contribution < -0.4 is 11.1 Å². The highest BCUT2D eigenvalue weighted by atomic mass is 32.2. The minimum Gasteiger partial charge on any atom is -0.351 e. The maximum Gasteiger partial charge on any atom is 0.273 e. The van der Waals surface area contributed by atoms with E-state index >= 15 is 0 Å². The fraction of sp³-hybridized carbons (Fsp3) is 0.667. The van der Waals surface area contributed by atoms with Crippen LogP contribution in [0.5, 0.6) is 0 Å². The number of carbonyl (C=O) groups excluding carboxylic acids is 1. The molecule has 1 heterocycles. The molecule has 0 unspecified atom stereocenters. The van der Waals surface area contributed by atoms with Crippen molar-refractivity contribution in [2.24, 2.45) is 5.73 Å². The number of nitrogens with zero attached hydrogens (tertiary/aromatic N) is 3. The number of nitrogens with two attached hydrogens (primary N) is 1. The van der Waals surface area contributed by atoms with Crippen molar-refractivity contribution in [1.29, 1.82) is 0 Å². The van der Waals surface area contributed by atoms with E-state index in [0.29, 0.717) is 19.5 Å². The van der Waals surface area contributed by atoms with Crippen molar-refractivity contribution in [1.82, 2.24) is 20.3 Å². The van der Waals surface area contributed by atoms with E-state index in [9.17, 15) is 13.2 Å². The fourth-order valence-corrected chi connectivity index (χ4v) is 1.94. The van der Waals surface area contributed by atoms with E-state index in [2.05, 4.69) is 15.6 Å². The average Bonchev–Trinajstić information content (AvgIpc) is 2.72. The summed E-state index contributed by atoms with van der Waals surface area (Å²) in [7, 11) is -2.99. The first kappa shape index (κ1) is 14.6. The highest BCUT2D eigenvalue weighted by molar-refractivity contribution is 7.90. The molecular formula is C9H17N5O3S. The summed E-state index contributed by atoms with van der Waals surface area (Å²) in [4.78, 5) is 11.6. The molecule has 18 heavy (non-hydrogen) atoms. The van der Waals surface area contributed by atoms with Crippen molar-refractivity contribution < 1.29 is 13.2 Å². The minimum absolute atomic E-state index is 0.0488. The summed E-state index contributed by atoms with van der Waals surface area (Å²) >= 11 is 0. The van der Waals surface area contributed by atoms with Crippen LogP contribution in [0.4, 0.5) is 0 Å². The number of hydrogen-bond donors (Lipinski definition) is 2. The van der Waals surface area contributed by atoms with Crippen LogP contribution in [-0.4, -0.2) is 54.4 Å². The summed E-state index contributed by atoms with van der Waals surface area (Å²) in [5, 5.41) is 9.99. The van der Waals surface area contributed by atoms with Crippen molar-refractivity contribution in [2.75, 3.05) is 25.1 Å². The Morgan fingerprint density at radius 2 is 2.28 bits per heavy atom. The summed E-state index contributed by atoms with van der Waals surface area (Å²) in [5.74, 6) is -0.320. The van der Waals surface area contributed by atoms with Gasteiger partial charge in [-0.1, -0.05) is 5.21 Å². The highest BCUT2D eigenvalue weighted by Gasteiger charge is 2.10. The molecule has 9 heteroatoms. The van der Waals surface area contributed by atoms with Crippen molar-refractivity contribution in [3.8, 4) is 0 Å². The van der Waals surface area contributed by atoms with E-state index < -0.39 is 9.84 Å². The van der Waals surface area contributed by atoms with Crippen LogP contribution >= 0.6 is 0 Å². The van der Waals surface area contributed by atoms with Gasteiger partial charge in [-0.05, 0) is 6.42 Å². The summed E-state index contributed by atoms with van der Waals surface area (Å²) in [6.45, 7) is 1.20. The lowest BCUT2D eigenvalue weighted by molar-refractivity contribution is 0.0948. The molecule has 0 saturated heterocycles. The van der Waals surface area contributed by atoms with E-state index in [1.165, 1.54) is 10.9 Å². The molecule has 1 aromatic rings. The van der Waals surface area contributed by atoms with E-state index in [-0.39, 0.29) is 23.9 Å². The van der Waals surface area contributed by atoms with Gasteiger partial charge in [0.1, 0.15) is 9.84 Å². The first-order chi connectivity index (χ1) is 8.42. The van der Waals surface area contributed by atoms with Gasteiger partial charge >= 0.3 is 0 Å². The molecule has 1 amide bonds.